The van der Waals surface area contributed by atoms with Crippen LogP contribution in [-0.4, -0.2) is 192 Å². The highest BCUT2D eigenvalue weighted by molar-refractivity contribution is 6.41. The number of amides is 4. The van der Waals surface area contributed by atoms with Crippen molar-refractivity contribution in [1.29, 1.82) is 0 Å². The van der Waals surface area contributed by atoms with E-state index in [-0.39, 0.29) is 129 Å². The number of carbonyl (C=O) groups excluding carboxylic acids is 8. The Morgan fingerprint density at radius 2 is 0.518 bits per heavy atom. The fourth-order valence-corrected chi connectivity index (χ4v) is 8.14. The summed E-state index contributed by atoms with van der Waals surface area (Å²) in [6.07, 6.45) is -4.79. The molecule has 0 aromatic heterocycles. The lowest BCUT2D eigenvalue weighted by molar-refractivity contribution is -0.140. The molecule has 39 heteroatoms. The van der Waals surface area contributed by atoms with Crippen LogP contribution in [0.1, 0.15) is 96.8 Å². The summed E-state index contributed by atoms with van der Waals surface area (Å²) in [6.45, 7) is 2.52. The van der Waals surface area contributed by atoms with E-state index in [0.717, 1.165) is 0 Å². The van der Waals surface area contributed by atoms with Crippen molar-refractivity contribution in [3.05, 3.63) is 0 Å². The van der Waals surface area contributed by atoms with Gasteiger partial charge in [-0.05, 0) is 143 Å². The molecule has 8 atom stereocenters. The third kappa shape index (κ3) is 39.8. The zero-order valence-corrected chi connectivity index (χ0v) is 49.1. The molecule has 0 radical (unpaired) electrons. The Morgan fingerprint density at radius 3 is 0.824 bits per heavy atom. The van der Waals surface area contributed by atoms with Crippen LogP contribution in [0.25, 0.3) is 0 Å². The number of hydrazine groups is 1. The van der Waals surface area contributed by atoms with Gasteiger partial charge >= 0.3 is 0 Å². The van der Waals surface area contributed by atoms with Crippen molar-refractivity contribution >= 4 is 46.8 Å². The van der Waals surface area contributed by atoms with Crippen molar-refractivity contribution < 1.29 is 43.2 Å². The lowest BCUT2D eigenvalue weighted by atomic mass is 9.96. The molecule has 39 nitrogen and oxygen atoms in total. The highest BCUT2D eigenvalue weighted by Gasteiger charge is 2.36. The van der Waals surface area contributed by atoms with Crippen LogP contribution in [0.5, 0.6) is 0 Å². The van der Waals surface area contributed by atoms with Crippen LogP contribution in [0.2, 0.25) is 0 Å². The van der Waals surface area contributed by atoms with Crippen molar-refractivity contribution in [3.63, 3.8) is 0 Å². The SMILES string of the molecule is C[C@H](N)C(=O)C(=O)[C@H](CCCNC(N)N)NC(=O)[C@H](CCCNC(N)N)NC(=O)[C@H](CCCNC(N)N)NC(=O)[C@H](CCCNC(N)N)NN[C@@H](CCCNC(N)N)C(=O)C(=O)[C@H](CCCNC(N)N)NC(=O)[C@H](CCCNC(N)N)NCON. The number of rotatable bonds is 55. The van der Waals surface area contributed by atoms with Crippen molar-refractivity contribution in [2.24, 2.45) is 91.9 Å². The Kier molecular flexibility index (Phi) is 45.0. The summed E-state index contributed by atoms with van der Waals surface area (Å²) >= 11 is 0. The first-order valence-electron chi connectivity index (χ1n) is 28.5. The van der Waals surface area contributed by atoms with Gasteiger partial charge in [-0.15, -0.1) is 0 Å². The molecule has 0 rings (SSSR count). The first kappa shape index (κ1) is 80.5. The first-order chi connectivity index (χ1) is 40.1. The molecule has 85 heavy (non-hydrogen) atoms. The molecule has 0 aliphatic carbocycles. The number of ketones is 4. The molecular weight excluding hydrogens is 1120 g/mol. The molecular formula is C46H108N30O9. The normalized spacial score (nSPS) is 14.8. The Bertz CT molecular complexity index is 1890. The molecule has 4 amide bonds. The maximum Gasteiger partial charge on any atom is 0.243 e. The molecule has 46 N–H and O–H groups in total. The van der Waals surface area contributed by atoms with E-state index < -0.39 is 139 Å². The van der Waals surface area contributed by atoms with Crippen LogP contribution in [0.15, 0.2) is 0 Å². The fourth-order valence-electron chi connectivity index (χ4n) is 8.14. The van der Waals surface area contributed by atoms with Gasteiger partial charge in [0.05, 0.1) is 36.3 Å². The monoisotopic (exact) mass is 1220 g/mol. The minimum absolute atomic E-state index is 0.0128. The summed E-state index contributed by atoms with van der Waals surface area (Å²) in [4.78, 5) is 117. The average Bonchev–Trinajstić information content (AvgIpc) is 3.45. The third-order valence-corrected chi connectivity index (χ3v) is 12.6. The summed E-state index contributed by atoms with van der Waals surface area (Å²) in [7, 11) is 0. The van der Waals surface area contributed by atoms with Crippen LogP contribution in [0.4, 0.5) is 0 Å². The minimum atomic E-state index is -1.40. The van der Waals surface area contributed by atoms with Gasteiger partial charge in [0.25, 0.3) is 0 Å². The van der Waals surface area contributed by atoms with Gasteiger partial charge in [0.1, 0.15) is 62.8 Å². The van der Waals surface area contributed by atoms with Crippen LogP contribution in [-0.2, 0) is 43.2 Å². The number of nitrogens with two attached hydrogens (primary N) is 16. The van der Waals surface area contributed by atoms with Gasteiger partial charge in [-0.25, -0.2) is 16.7 Å². The van der Waals surface area contributed by atoms with E-state index in [2.05, 4.69) is 79.5 Å². The van der Waals surface area contributed by atoms with Crippen LogP contribution >= 0.6 is 0 Å². The molecule has 0 aromatic rings. The van der Waals surface area contributed by atoms with E-state index in [1.807, 2.05) is 0 Å². The van der Waals surface area contributed by atoms with Gasteiger partial charge in [-0.3, -0.25) is 85.7 Å². The molecule has 0 heterocycles. The van der Waals surface area contributed by atoms with E-state index >= 15 is 0 Å². The molecule has 0 saturated carbocycles. The zero-order chi connectivity index (χ0) is 64.4. The van der Waals surface area contributed by atoms with Crippen LogP contribution in [0, 0.1) is 0 Å². The number of Topliss-reactive ketones (excluding diaryl/α,β-unsaturated/α-hetero) is 4. The first-order valence-corrected chi connectivity index (χ1v) is 28.5. The van der Waals surface area contributed by atoms with Gasteiger partial charge in [0.15, 0.2) is 0 Å². The fraction of sp³-hybridized carbons (Fsp3) is 0.826. The van der Waals surface area contributed by atoms with E-state index in [0.29, 0.717) is 13.0 Å². The topological polar surface area (TPSA) is 731 Å². The van der Waals surface area contributed by atoms with Crippen LogP contribution in [0.3, 0.4) is 0 Å². The highest BCUT2D eigenvalue weighted by atomic mass is 16.6. The molecule has 0 bridgehead atoms. The second kappa shape index (κ2) is 47.5. The Balaban J connectivity index is 7.33. The number of nitrogens with one attached hydrogen (secondary N) is 14. The van der Waals surface area contributed by atoms with Crippen LogP contribution < -0.4 is 167 Å². The molecule has 0 aliphatic heterocycles. The van der Waals surface area contributed by atoms with Crippen molar-refractivity contribution in [2.45, 2.75) is 189 Å². The Labute approximate surface area is 497 Å². The second-order valence-corrected chi connectivity index (χ2v) is 20.3. The van der Waals surface area contributed by atoms with Crippen molar-refractivity contribution in [3.8, 4) is 0 Å². The van der Waals surface area contributed by atoms with E-state index in [9.17, 15) is 38.4 Å². The summed E-state index contributed by atoms with van der Waals surface area (Å²) in [5.41, 5.74) is 90.8. The molecule has 0 saturated heterocycles. The van der Waals surface area contributed by atoms with Gasteiger partial charge in [0, 0.05) is 0 Å². The maximum atomic E-state index is 14.6. The van der Waals surface area contributed by atoms with Gasteiger partial charge < -0.3 is 107 Å². The highest BCUT2D eigenvalue weighted by Crippen LogP contribution is 2.11. The summed E-state index contributed by atoms with van der Waals surface area (Å²) in [6, 6.07) is -10.4. The lowest BCUT2D eigenvalue weighted by Crippen LogP contribution is -2.61. The summed E-state index contributed by atoms with van der Waals surface area (Å²) in [5, 5.41) is 33.3. The number of carbonyl (C=O) groups is 8. The predicted octanol–water partition coefficient (Wildman–Crippen LogP) is -14.8. The van der Waals surface area contributed by atoms with E-state index in [1.54, 1.807) is 0 Å². The molecule has 496 valence electrons. The molecule has 0 spiro atoms. The zero-order valence-electron chi connectivity index (χ0n) is 49.1. The summed E-state index contributed by atoms with van der Waals surface area (Å²) < 4.78 is 0. The quantitative estimate of drug-likeness (QED) is 0.0116. The Hall–Kier alpha value is -4.52. The predicted molar refractivity (Wildman–Crippen MR) is 318 cm³/mol. The minimum Gasteiger partial charge on any atom is -0.344 e. The maximum absolute atomic E-state index is 14.6. The second-order valence-electron chi connectivity index (χ2n) is 20.3. The van der Waals surface area contributed by atoms with Gasteiger partial charge in [-0.1, -0.05) is 0 Å². The molecule has 0 aliphatic rings. The smallest absolute Gasteiger partial charge is 0.243 e. The van der Waals surface area contributed by atoms with Gasteiger partial charge in [-0.2, -0.15) is 0 Å². The Morgan fingerprint density at radius 1 is 0.294 bits per heavy atom. The lowest BCUT2D eigenvalue weighted by Gasteiger charge is -2.28. The average molecular weight is 1230 g/mol. The van der Waals surface area contributed by atoms with Crippen molar-refractivity contribution in [1.82, 2.24) is 74.7 Å². The largest absolute Gasteiger partial charge is 0.344 e. The molecule has 0 fully saturated rings. The standard InChI is InChI=1S/C46H108N30O9/c1-24(47)32(77)33(78)25(9-2-16-63-40(48)49)72-37(82)29(13-6-20-67-44(56)57)73-38(83)30(14-7-21-68-45(58)59)74-39(84)31(15-8-22-69-46(60)61)76-75-27(11-4-18-65-42(52)53)35(80)34(79)26(10-3-17-64-41(50)51)71-36(81)28(70-23-85-62)12-5-19-66-43(54)55/h24-31,40-46,63-70,75-76H,2-23,47-62H2,1H3,(H,71,81)(H,72,82)(H,73,83)(H,74,84)/t24-,25-,26-,27-,28-,29-,30-,31-/m0/s1. The van der Waals surface area contributed by atoms with E-state index in [1.165, 1.54) is 6.92 Å². The van der Waals surface area contributed by atoms with Gasteiger partial charge in [0.2, 0.25) is 46.8 Å². The summed E-state index contributed by atoms with van der Waals surface area (Å²) in [5.74, 6) is -1.85. The third-order valence-electron chi connectivity index (χ3n) is 12.6. The van der Waals surface area contributed by atoms with Crippen molar-refractivity contribution in [2.75, 3.05) is 52.5 Å². The molecule has 0 unspecified atom stereocenters. The van der Waals surface area contributed by atoms with E-state index in [4.69, 9.17) is 91.9 Å². The molecule has 0 aromatic carbocycles. The number of hydrogen-bond donors (Lipinski definition) is 30. The number of hydrogen-bond acceptors (Lipinski definition) is 35.